The largest absolute Gasteiger partial charge is 0.481 e. The maximum atomic E-state index is 11.6. The second-order valence-electron chi connectivity index (χ2n) is 4.03. The third kappa shape index (κ3) is 7.23. The van der Waals surface area contributed by atoms with Gasteiger partial charge in [-0.15, -0.1) is 0 Å². The van der Waals surface area contributed by atoms with Gasteiger partial charge in [-0.3, -0.25) is 9.59 Å². The Hall–Kier alpha value is -1.10. The summed E-state index contributed by atoms with van der Waals surface area (Å²) in [5.41, 5.74) is 0. The molecule has 0 spiro atoms. The summed E-state index contributed by atoms with van der Waals surface area (Å²) in [5, 5.41) is 8.53. The molecule has 0 radical (unpaired) electrons. The average molecular weight is 230 g/mol. The fraction of sp³-hybridized carbons (Fsp3) is 0.818. The number of rotatable bonds is 8. The zero-order chi connectivity index (χ0) is 12.6. The Bertz CT molecular complexity index is 229. The number of amides is 1. The van der Waals surface area contributed by atoms with E-state index >= 15 is 0 Å². The summed E-state index contributed by atoms with van der Waals surface area (Å²) in [6, 6.07) is 0. The van der Waals surface area contributed by atoms with Gasteiger partial charge < -0.3 is 14.9 Å². The molecule has 0 aromatic heterocycles. The van der Waals surface area contributed by atoms with Gasteiger partial charge in [0.05, 0.1) is 0 Å². The van der Waals surface area contributed by atoms with E-state index in [9.17, 15) is 9.59 Å². The van der Waals surface area contributed by atoms with Crippen LogP contribution in [0.2, 0.25) is 0 Å². The van der Waals surface area contributed by atoms with Crippen LogP contribution in [0.4, 0.5) is 0 Å². The van der Waals surface area contributed by atoms with Gasteiger partial charge in [-0.25, -0.2) is 0 Å². The highest BCUT2D eigenvalue weighted by Gasteiger charge is 2.11. The normalized spacial score (nSPS) is 10.5. The van der Waals surface area contributed by atoms with Crippen LogP contribution in [-0.2, 0) is 9.59 Å². The lowest BCUT2D eigenvalue weighted by Crippen LogP contribution is -2.37. The van der Waals surface area contributed by atoms with Crippen molar-refractivity contribution in [3.05, 3.63) is 0 Å². The molecule has 0 unspecified atom stereocenters. The summed E-state index contributed by atoms with van der Waals surface area (Å²) in [6.07, 6.45) is 1.12. The summed E-state index contributed by atoms with van der Waals surface area (Å²) in [7, 11) is 3.90. The fourth-order valence-electron chi connectivity index (χ4n) is 1.33. The summed E-state index contributed by atoms with van der Waals surface area (Å²) < 4.78 is 0. The van der Waals surface area contributed by atoms with Crippen LogP contribution in [0.1, 0.15) is 26.2 Å². The molecule has 5 heteroatoms. The van der Waals surface area contributed by atoms with Gasteiger partial charge in [0.2, 0.25) is 5.91 Å². The lowest BCUT2D eigenvalue weighted by Gasteiger charge is -2.23. The summed E-state index contributed by atoms with van der Waals surface area (Å²) >= 11 is 0. The molecule has 0 aromatic rings. The lowest BCUT2D eigenvalue weighted by atomic mass is 10.2. The highest BCUT2D eigenvalue weighted by Crippen LogP contribution is 1.99. The first-order valence-electron chi connectivity index (χ1n) is 5.61. The van der Waals surface area contributed by atoms with Gasteiger partial charge in [-0.2, -0.15) is 0 Å². The fourth-order valence-corrected chi connectivity index (χ4v) is 1.33. The van der Waals surface area contributed by atoms with Crippen LogP contribution in [0.5, 0.6) is 0 Å². The number of aliphatic carboxylic acids is 1. The summed E-state index contributed by atoms with van der Waals surface area (Å²) in [6.45, 7) is 3.83. The molecular formula is C11H22N2O3. The van der Waals surface area contributed by atoms with Gasteiger partial charge in [0.25, 0.3) is 0 Å². The lowest BCUT2D eigenvalue weighted by molar-refractivity contribution is -0.138. The van der Waals surface area contributed by atoms with Crippen molar-refractivity contribution in [1.82, 2.24) is 9.80 Å². The van der Waals surface area contributed by atoms with Crippen molar-refractivity contribution in [3.8, 4) is 0 Å². The van der Waals surface area contributed by atoms with Crippen LogP contribution in [0, 0.1) is 0 Å². The first kappa shape index (κ1) is 14.9. The summed E-state index contributed by atoms with van der Waals surface area (Å²) in [5.74, 6) is -0.719. The molecule has 16 heavy (non-hydrogen) atoms. The van der Waals surface area contributed by atoms with Crippen molar-refractivity contribution in [2.75, 3.05) is 33.7 Å². The van der Waals surface area contributed by atoms with Gasteiger partial charge in [-0.1, -0.05) is 6.92 Å². The first-order valence-corrected chi connectivity index (χ1v) is 5.61. The Morgan fingerprint density at radius 1 is 1.12 bits per heavy atom. The number of hydrogen-bond acceptors (Lipinski definition) is 3. The van der Waals surface area contributed by atoms with E-state index in [-0.39, 0.29) is 12.3 Å². The molecule has 0 atom stereocenters. The molecule has 0 aromatic carbocycles. The number of carboxylic acids is 1. The standard InChI is InChI=1S/C11H22N2O3/c1-4-10(14)13(9-8-12(2)3)7-5-6-11(15)16/h4-9H2,1-3H3,(H,15,16). The predicted molar refractivity (Wildman–Crippen MR) is 62.3 cm³/mol. The average Bonchev–Trinajstić information content (AvgIpc) is 2.21. The molecule has 1 N–H and O–H groups in total. The molecule has 0 saturated heterocycles. The third-order valence-electron chi connectivity index (χ3n) is 2.29. The molecule has 0 fully saturated rings. The van der Waals surface area contributed by atoms with Crippen molar-refractivity contribution in [1.29, 1.82) is 0 Å². The van der Waals surface area contributed by atoms with E-state index in [1.807, 2.05) is 25.9 Å². The minimum atomic E-state index is -0.809. The van der Waals surface area contributed by atoms with E-state index in [0.29, 0.717) is 25.9 Å². The van der Waals surface area contributed by atoms with Gasteiger partial charge in [0.1, 0.15) is 0 Å². The Morgan fingerprint density at radius 2 is 1.75 bits per heavy atom. The number of likely N-dealkylation sites (N-methyl/N-ethyl adjacent to an activating group) is 1. The molecule has 0 aliphatic rings. The number of carbonyl (C=O) groups excluding carboxylic acids is 1. The van der Waals surface area contributed by atoms with E-state index in [1.165, 1.54) is 0 Å². The molecule has 0 bridgehead atoms. The first-order chi connectivity index (χ1) is 7.47. The van der Waals surface area contributed by atoms with E-state index in [0.717, 1.165) is 6.54 Å². The predicted octanol–water partition coefficient (Wildman–Crippen LogP) is 0.651. The van der Waals surface area contributed by atoms with Crippen LogP contribution in [0.3, 0.4) is 0 Å². The minimum Gasteiger partial charge on any atom is -0.481 e. The second kappa shape index (κ2) is 8.10. The van der Waals surface area contributed by atoms with Gasteiger partial charge in [0, 0.05) is 32.5 Å². The molecule has 0 saturated carbocycles. The Kier molecular flexibility index (Phi) is 7.54. The van der Waals surface area contributed by atoms with Gasteiger partial charge in [-0.05, 0) is 20.5 Å². The van der Waals surface area contributed by atoms with E-state index in [1.54, 1.807) is 4.90 Å². The van der Waals surface area contributed by atoms with Crippen molar-refractivity contribution in [2.45, 2.75) is 26.2 Å². The SMILES string of the molecule is CCC(=O)N(CCCC(=O)O)CCN(C)C. The molecule has 94 valence electrons. The van der Waals surface area contributed by atoms with Crippen LogP contribution >= 0.6 is 0 Å². The number of hydrogen-bond donors (Lipinski definition) is 1. The number of nitrogens with zero attached hydrogens (tertiary/aromatic N) is 2. The van der Waals surface area contributed by atoms with Crippen molar-refractivity contribution in [3.63, 3.8) is 0 Å². The molecular weight excluding hydrogens is 208 g/mol. The van der Waals surface area contributed by atoms with Gasteiger partial charge >= 0.3 is 5.97 Å². The second-order valence-corrected chi connectivity index (χ2v) is 4.03. The maximum absolute atomic E-state index is 11.6. The molecule has 5 nitrogen and oxygen atoms in total. The van der Waals surface area contributed by atoms with Crippen molar-refractivity contribution in [2.24, 2.45) is 0 Å². The summed E-state index contributed by atoms with van der Waals surface area (Å²) in [4.78, 5) is 25.7. The highest BCUT2D eigenvalue weighted by atomic mass is 16.4. The Balaban J connectivity index is 4.00. The zero-order valence-corrected chi connectivity index (χ0v) is 10.4. The van der Waals surface area contributed by atoms with E-state index < -0.39 is 5.97 Å². The molecule has 0 rings (SSSR count). The zero-order valence-electron chi connectivity index (χ0n) is 10.4. The number of carboxylic acid groups (broad SMARTS) is 1. The maximum Gasteiger partial charge on any atom is 0.303 e. The Labute approximate surface area is 97.0 Å². The third-order valence-corrected chi connectivity index (χ3v) is 2.29. The quantitative estimate of drug-likeness (QED) is 0.665. The van der Waals surface area contributed by atoms with Crippen molar-refractivity contribution < 1.29 is 14.7 Å². The smallest absolute Gasteiger partial charge is 0.303 e. The minimum absolute atomic E-state index is 0.0900. The van der Waals surface area contributed by atoms with Crippen molar-refractivity contribution >= 4 is 11.9 Å². The molecule has 1 amide bonds. The Morgan fingerprint density at radius 3 is 2.19 bits per heavy atom. The number of carbonyl (C=O) groups is 2. The van der Waals surface area contributed by atoms with E-state index in [2.05, 4.69) is 0 Å². The van der Waals surface area contributed by atoms with Crippen LogP contribution in [-0.4, -0.2) is 60.5 Å². The molecule has 0 heterocycles. The molecule has 0 aliphatic heterocycles. The van der Waals surface area contributed by atoms with Crippen LogP contribution in [0.25, 0.3) is 0 Å². The van der Waals surface area contributed by atoms with E-state index in [4.69, 9.17) is 5.11 Å². The highest BCUT2D eigenvalue weighted by molar-refractivity contribution is 5.75. The van der Waals surface area contributed by atoms with Gasteiger partial charge in [0.15, 0.2) is 0 Å². The van der Waals surface area contributed by atoms with Crippen LogP contribution < -0.4 is 0 Å². The molecule has 0 aliphatic carbocycles. The van der Waals surface area contributed by atoms with Crippen LogP contribution in [0.15, 0.2) is 0 Å². The topological polar surface area (TPSA) is 60.9 Å². The monoisotopic (exact) mass is 230 g/mol.